The van der Waals surface area contributed by atoms with E-state index in [1.807, 2.05) is 24.3 Å². The van der Waals surface area contributed by atoms with Crippen LogP contribution in [0.15, 0.2) is 24.3 Å². The highest BCUT2D eigenvalue weighted by Gasteiger charge is 2.02. The molecule has 1 aromatic carbocycles. The summed E-state index contributed by atoms with van der Waals surface area (Å²) in [4.78, 5) is 12.0. The van der Waals surface area contributed by atoms with E-state index in [9.17, 15) is 4.79 Å². The Morgan fingerprint density at radius 1 is 0.636 bits per heavy atom. The van der Waals surface area contributed by atoms with Crippen molar-refractivity contribution in [2.24, 2.45) is 0 Å². The average Bonchev–Trinajstić information content (AvgIpc) is 2.84. The van der Waals surface area contributed by atoms with Crippen LogP contribution in [-0.4, -0.2) is 13.0 Å². The number of rotatable bonds is 23. The third-order valence-electron chi connectivity index (χ3n) is 6.66. The normalized spacial score (nSPS) is 11.0. The first kappa shape index (κ1) is 29.5. The first-order valence-electron chi connectivity index (χ1n) is 14.2. The Bertz CT molecular complexity index is 555. The number of ether oxygens (including phenoxy) is 1. The van der Waals surface area contributed by atoms with Crippen LogP contribution in [0, 0.1) is 0 Å². The van der Waals surface area contributed by atoms with Gasteiger partial charge in [-0.2, -0.15) is 0 Å². The van der Waals surface area contributed by atoms with E-state index in [2.05, 4.69) is 12.2 Å². The average molecular weight is 460 g/mol. The minimum atomic E-state index is 0.165. The summed E-state index contributed by atoms with van der Waals surface area (Å²) in [7, 11) is 1.66. The molecule has 0 heterocycles. The summed E-state index contributed by atoms with van der Waals surface area (Å²) in [6, 6.07) is 7.85. The third-order valence-corrected chi connectivity index (χ3v) is 6.66. The van der Waals surface area contributed by atoms with E-state index in [1.54, 1.807) is 7.11 Å². The van der Waals surface area contributed by atoms with Gasteiger partial charge in [-0.3, -0.25) is 4.79 Å². The summed E-state index contributed by atoms with van der Waals surface area (Å²) in [5.41, 5.74) is 1.11. The highest BCUT2D eigenvalue weighted by Crippen LogP contribution is 2.15. The quantitative estimate of drug-likeness (QED) is 0.166. The number of nitrogens with one attached hydrogen (secondary N) is 1. The highest BCUT2D eigenvalue weighted by molar-refractivity contribution is 5.75. The number of unbranched alkanes of at least 4 members (excludes halogenated alkanes) is 18. The molecule has 0 radical (unpaired) electrons. The molecular formula is C30H53NO2. The molecule has 33 heavy (non-hydrogen) atoms. The maximum atomic E-state index is 12.0. The Morgan fingerprint density at radius 2 is 1.03 bits per heavy atom. The van der Waals surface area contributed by atoms with Crippen LogP contribution in [0.3, 0.4) is 0 Å². The zero-order valence-corrected chi connectivity index (χ0v) is 22.0. The van der Waals surface area contributed by atoms with Gasteiger partial charge in [0.1, 0.15) is 5.75 Å². The molecule has 0 atom stereocenters. The lowest BCUT2D eigenvalue weighted by Gasteiger charge is -2.06. The van der Waals surface area contributed by atoms with Crippen molar-refractivity contribution in [3.8, 4) is 5.75 Å². The van der Waals surface area contributed by atoms with Gasteiger partial charge in [0.05, 0.1) is 7.11 Å². The topological polar surface area (TPSA) is 38.3 Å². The van der Waals surface area contributed by atoms with Gasteiger partial charge >= 0.3 is 0 Å². The summed E-state index contributed by atoms with van der Waals surface area (Å²) in [5, 5.41) is 3.02. The van der Waals surface area contributed by atoms with Gasteiger partial charge in [-0.25, -0.2) is 0 Å². The predicted molar refractivity (Wildman–Crippen MR) is 143 cm³/mol. The second-order valence-corrected chi connectivity index (χ2v) is 9.74. The Kier molecular flexibility index (Phi) is 19.9. The van der Waals surface area contributed by atoms with Crippen LogP contribution in [0.4, 0.5) is 0 Å². The fourth-order valence-corrected chi connectivity index (χ4v) is 4.40. The lowest BCUT2D eigenvalue weighted by molar-refractivity contribution is -0.121. The monoisotopic (exact) mass is 459 g/mol. The van der Waals surface area contributed by atoms with E-state index in [1.165, 1.54) is 116 Å². The Morgan fingerprint density at radius 3 is 1.42 bits per heavy atom. The molecule has 1 amide bonds. The van der Waals surface area contributed by atoms with Gasteiger partial charge in [-0.05, 0) is 24.1 Å². The number of benzene rings is 1. The number of hydrogen-bond acceptors (Lipinski definition) is 2. The molecule has 0 aliphatic carbocycles. The molecule has 0 aliphatic rings. The van der Waals surface area contributed by atoms with Crippen molar-refractivity contribution in [2.45, 2.75) is 142 Å². The van der Waals surface area contributed by atoms with Crippen LogP contribution in [0.5, 0.6) is 5.75 Å². The fourth-order valence-electron chi connectivity index (χ4n) is 4.40. The second-order valence-electron chi connectivity index (χ2n) is 9.74. The molecule has 3 nitrogen and oxygen atoms in total. The van der Waals surface area contributed by atoms with E-state index in [-0.39, 0.29) is 5.91 Å². The molecule has 0 bridgehead atoms. The molecule has 0 aromatic heterocycles. The van der Waals surface area contributed by atoms with Gasteiger partial charge in [0.25, 0.3) is 0 Å². The van der Waals surface area contributed by atoms with E-state index in [0.717, 1.165) is 17.7 Å². The molecule has 1 rings (SSSR count). The summed E-state index contributed by atoms with van der Waals surface area (Å²) in [6.45, 7) is 2.89. The maximum absolute atomic E-state index is 12.0. The lowest BCUT2D eigenvalue weighted by Crippen LogP contribution is -2.22. The van der Waals surface area contributed by atoms with Crippen LogP contribution in [0.25, 0.3) is 0 Å². The SMILES string of the molecule is CCCCCCCCCCCCCCCCCCCCCC(=O)NCc1ccc(OC)cc1. The summed E-state index contributed by atoms with van der Waals surface area (Å²) in [6.07, 6.45) is 26.8. The van der Waals surface area contributed by atoms with E-state index in [0.29, 0.717) is 13.0 Å². The molecule has 3 heteroatoms. The maximum Gasteiger partial charge on any atom is 0.220 e. The number of carbonyl (C=O) groups excluding carboxylic acids is 1. The third kappa shape index (κ3) is 18.6. The lowest BCUT2D eigenvalue weighted by atomic mass is 10.0. The molecule has 0 aliphatic heterocycles. The number of carbonyl (C=O) groups is 1. The van der Waals surface area contributed by atoms with Crippen molar-refractivity contribution < 1.29 is 9.53 Å². The highest BCUT2D eigenvalue weighted by atomic mass is 16.5. The largest absolute Gasteiger partial charge is 0.497 e. The predicted octanol–water partition coefficient (Wildman–Crippen LogP) is 9.13. The van der Waals surface area contributed by atoms with Crippen LogP contribution >= 0.6 is 0 Å². The van der Waals surface area contributed by atoms with E-state index >= 15 is 0 Å². The second kappa shape index (κ2) is 22.3. The van der Waals surface area contributed by atoms with Crippen molar-refractivity contribution in [1.82, 2.24) is 5.32 Å². The smallest absolute Gasteiger partial charge is 0.220 e. The summed E-state index contributed by atoms with van der Waals surface area (Å²) in [5.74, 6) is 1.01. The van der Waals surface area contributed by atoms with Crippen molar-refractivity contribution in [2.75, 3.05) is 7.11 Å². The first-order chi connectivity index (χ1) is 16.3. The standard InChI is InChI=1S/C30H53NO2/c1-3-4-5-6-7-8-9-10-11-12-13-14-15-16-17-18-19-20-21-22-30(32)31-27-28-23-25-29(33-2)26-24-28/h23-26H,3-22,27H2,1-2H3,(H,31,32). The van der Waals surface area contributed by atoms with Crippen LogP contribution in [0.1, 0.15) is 141 Å². The molecular weight excluding hydrogens is 406 g/mol. The minimum absolute atomic E-state index is 0.165. The van der Waals surface area contributed by atoms with Gasteiger partial charge in [0.15, 0.2) is 0 Å². The van der Waals surface area contributed by atoms with E-state index < -0.39 is 0 Å². The van der Waals surface area contributed by atoms with Crippen LogP contribution in [-0.2, 0) is 11.3 Å². The Balaban J connectivity index is 1.76. The van der Waals surface area contributed by atoms with Crippen molar-refractivity contribution >= 4 is 5.91 Å². The van der Waals surface area contributed by atoms with Crippen LogP contribution < -0.4 is 10.1 Å². The minimum Gasteiger partial charge on any atom is -0.497 e. The summed E-state index contributed by atoms with van der Waals surface area (Å²) >= 11 is 0. The fraction of sp³-hybridized carbons (Fsp3) is 0.767. The Hall–Kier alpha value is -1.51. The molecule has 0 saturated heterocycles. The first-order valence-corrected chi connectivity index (χ1v) is 14.2. The van der Waals surface area contributed by atoms with Gasteiger partial charge in [-0.1, -0.05) is 135 Å². The number of methoxy groups -OCH3 is 1. The van der Waals surface area contributed by atoms with E-state index in [4.69, 9.17) is 4.74 Å². The van der Waals surface area contributed by atoms with Gasteiger partial charge in [-0.15, -0.1) is 0 Å². The van der Waals surface area contributed by atoms with Crippen molar-refractivity contribution in [1.29, 1.82) is 0 Å². The number of hydrogen-bond donors (Lipinski definition) is 1. The molecule has 1 N–H and O–H groups in total. The molecule has 0 unspecified atom stereocenters. The van der Waals surface area contributed by atoms with Gasteiger partial charge in [0, 0.05) is 13.0 Å². The van der Waals surface area contributed by atoms with Crippen LogP contribution in [0.2, 0.25) is 0 Å². The Labute approximate surface area is 205 Å². The molecule has 0 spiro atoms. The van der Waals surface area contributed by atoms with Gasteiger partial charge in [0.2, 0.25) is 5.91 Å². The number of amides is 1. The summed E-state index contributed by atoms with van der Waals surface area (Å²) < 4.78 is 5.16. The van der Waals surface area contributed by atoms with Crippen molar-refractivity contribution in [3.63, 3.8) is 0 Å². The van der Waals surface area contributed by atoms with Gasteiger partial charge < -0.3 is 10.1 Å². The molecule has 190 valence electrons. The molecule has 0 saturated carbocycles. The zero-order valence-electron chi connectivity index (χ0n) is 22.0. The molecule has 1 aromatic rings. The molecule has 0 fully saturated rings. The van der Waals surface area contributed by atoms with Crippen molar-refractivity contribution in [3.05, 3.63) is 29.8 Å². The zero-order chi connectivity index (χ0) is 23.8.